The van der Waals surface area contributed by atoms with Crippen molar-refractivity contribution in [1.29, 1.82) is 0 Å². The third-order valence-corrected chi connectivity index (χ3v) is 3.58. The highest BCUT2D eigenvalue weighted by Gasteiger charge is 2.13. The van der Waals surface area contributed by atoms with E-state index in [0.717, 1.165) is 25.1 Å². The minimum Gasteiger partial charge on any atom is -0.312 e. The zero-order chi connectivity index (χ0) is 12.4. The van der Waals surface area contributed by atoms with Crippen LogP contribution in [-0.2, 0) is 19.4 Å². The van der Waals surface area contributed by atoms with E-state index in [9.17, 15) is 4.39 Å². The maximum Gasteiger partial charge on any atom is 0.126 e. The molecule has 0 unspecified atom stereocenters. The zero-order valence-corrected chi connectivity index (χ0v) is 10.2. The molecule has 1 aliphatic heterocycles. The summed E-state index contributed by atoms with van der Waals surface area (Å²) in [4.78, 5) is 0. The van der Waals surface area contributed by atoms with E-state index >= 15 is 0 Å². The number of rotatable bonds is 2. The van der Waals surface area contributed by atoms with Gasteiger partial charge in [-0.3, -0.25) is 0 Å². The van der Waals surface area contributed by atoms with Gasteiger partial charge in [0, 0.05) is 13.0 Å². The van der Waals surface area contributed by atoms with Crippen LogP contribution >= 0.6 is 0 Å². The summed E-state index contributed by atoms with van der Waals surface area (Å²) in [5.74, 6) is -0.112. The van der Waals surface area contributed by atoms with Crippen molar-refractivity contribution in [3.63, 3.8) is 0 Å². The van der Waals surface area contributed by atoms with Gasteiger partial charge >= 0.3 is 0 Å². The van der Waals surface area contributed by atoms with E-state index in [2.05, 4.69) is 23.5 Å². The minimum atomic E-state index is -0.112. The topological polar surface area (TPSA) is 12.0 Å². The zero-order valence-electron chi connectivity index (χ0n) is 10.2. The van der Waals surface area contributed by atoms with Gasteiger partial charge in [0.15, 0.2) is 0 Å². The first-order valence-corrected chi connectivity index (χ1v) is 6.38. The van der Waals surface area contributed by atoms with E-state index in [1.54, 1.807) is 6.07 Å². The predicted octanol–water partition coefficient (Wildman–Crippen LogP) is 3.06. The number of hydrogen-bond acceptors (Lipinski definition) is 1. The summed E-state index contributed by atoms with van der Waals surface area (Å²) >= 11 is 0. The maximum absolute atomic E-state index is 13.7. The molecular weight excluding hydrogens is 225 g/mol. The van der Waals surface area contributed by atoms with Crippen molar-refractivity contribution in [1.82, 2.24) is 5.32 Å². The van der Waals surface area contributed by atoms with Crippen LogP contribution in [0.25, 0.3) is 0 Å². The first-order valence-electron chi connectivity index (χ1n) is 6.38. The molecule has 92 valence electrons. The quantitative estimate of drug-likeness (QED) is 0.852. The molecule has 2 aromatic rings. The van der Waals surface area contributed by atoms with E-state index in [1.807, 2.05) is 12.1 Å². The van der Waals surface area contributed by atoms with Crippen LogP contribution in [0.2, 0.25) is 0 Å². The van der Waals surface area contributed by atoms with Crippen LogP contribution in [0.4, 0.5) is 4.39 Å². The van der Waals surface area contributed by atoms with Gasteiger partial charge in [0.05, 0.1) is 0 Å². The van der Waals surface area contributed by atoms with E-state index in [4.69, 9.17) is 0 Å². The molecular formula is C16H16FN. The molecule has 0 amide bonds. The molecule has 18 heavy (non-hydrogen) atoms. The highest BCUT2D eigenvalue weighted by atomic mass is 19.1. The molecule has 2 heteroatoms. The summed E-state index contributed by atoms with van der Waals surface area (Å²) in [5, 5.41) is 3.39. The number of nitrogens with one attached hydrogen (secondary N) is 1. The standard InChI is InChI=1S/C16H16FN/c17-16-7-2-1-4-14(16)10-13-6-3-5-12-8-9-18-11-15(12)13/h1-7,18H,8-11H2. The Morgan fingerprint density at radius 2 is 1.83 bits per heavy atom. The highest BCUT2D eigenvalue weighted by molar-refractivity contribution is 5.40. The van der Waals surface area contributed by atoms with Crippen molar-refractivity contribution < 1.29 is 4.39 Å². The van der Waals surface area contributed by atoms with Crippen molar-refractivity contribution in [3.8, 4) is 0 Å². The number of fused-ring (bicyclic) bond motifs is 1. The Bertz CT molecular complexity index is 563. The van der Waals surface area contributed by atoms with Crippen molar-refractivity contribution in [2.75, 3.05) is 6.54 Å². The lowest BCUT2D eigenvalue weighted by Gasteiger charge is -2.20. The van der Waals surface area contributed by atoms with Gasteiger partial charge < -0.3 is 5.32 Å². The predicted molar refractivity (Wildman–Crippen MR) is 71.1 cm³/mol. The number of halogens is 1. The van der Waals surface area contributed by atoms with Gasteiger partial charge in [-0.1, -0.05) is 36.4 Å². The van der Waals surface area contributed by atoms with Gasteiger partial charge in [0.25, 0.3) is 0 Å². The lowest BCUT2D eigenvalue weighted by Crippen LogP contribution is -2.24. The molecule has 3 rings (SSSR count). The fraction of sp³-hybridized carbons (Fsp3) is 0.250. The van der Waals surface area contributed by atoms with Crippen LogP contribution in [0.3, 0.4) is 0 Å². The molecule has 0 aliphatic carbocycles. The SMILES string of the molecule is Fc1ccccc1Cc1cccc2c1CNCC2. The van der Waals surface area contributed by atoms with Gasteiger partial charge in [0.1, 0.15) is 5.82 Å². The minimum absolute atomic E-state index is 0.112. The van der Waals surface area contributed by atoms with Crippen LogP contribution in [0.5, 0.6) is 0 Å². The third-order valence-electron chi connectivity index (χ3n) is 3.58. The molecule has 1 aliphatic rings. The average molecular weight is 241 g/mol. The van der Waals surface area contributed by atoms with Gasteiger partial charge in [0.2, 0.25) is 0 Å². The lowest BCUT2D eigenvalue weighted by molar-refractivity contribution is 0.611. The fourth-order valence-corrected chi connectivity index (χ4v) is 2.60. The molecule has 0 aromatic heterocycles. The van der Waals surface area contributed by atoms with Crippen molar-refractivity contribution in [2.45, 2.75) is 19.4 Å². The molecule has 1 heterocycles. The Labute approximate surface area is 107 Å². The number of hydrogen-bond donors (Lipinski definition) is 1. The average Bonchev–Trinajstić information content (AvgIpc) is 2.42. The highest BCUT2D eigenvalue weighted by Crippen LogP contribution is 2.22. The number of benzene rings is 2. The van der Waals surface area contributed by atoms with E-state index in [1.165, 1.54) is 22.8 Å². The Hall–Kier alpha value is -1.67. The lowest BCUT2D eigenvalue weighted by atomic mass is 9.92. The van der Waals surface area contributed by atoms with Gasteiger partial charge in [-0.25, -0.2) is 4.39 Å². The van der Waals surface area contributed by atoms with E-state index in [-0.39, 0.29) is 5.82 Å². The first-order chi connectivity index (χ1) is 8.84. The Balaban J connectivity index is 1.96. The monoisotopic (exact) mass is 241 g/mol. The van der Waals surface area contributed by atoms with Crippen molar-refractivity contribution >= 4 is 0 Å². The summed E-state index contributed by atoms with van der Waals surface area (Å²) < 4.78 is 13.7. The Morgan fingerprint density at radius 1 is 1.00 bits per heavy atom. The van der Waals surface area contributed by atoms with Crippen LogP contribution < -0.4 is 5.32 Å². The van der Waals surface area contributed by atoms with Crippen LogP contribution in [-0.4, -0.2) is 6.54 Å². The molecule has 0 radical (unpaired) electrons. The Morgan fingerprint density at radius 3 is 2.72 bits per heavy atom. The van der Waals surface area contributed by atoms with Crippen molar-refractivity contribution in [3.05, 3.63) is 70.5 Å². The third kappa shape index (κ3) is 2.16. The fourth-order valence-electron chi connectivity index (χ4n) is 2.60. The molecule has 2 aromatic carbocycles. The first kappa shape index (κ1) is 11.4. The van der Waals surface area contributed by atoms with Crippen LogP contribution in [0, 0.1) is 5.82 Å². The van der Waals surface area contributed by atoms with Crippen LogP contribution in [0.15, 0.2) is 42.5 Å². The van der Waals surface area contributed by atoms with Gasteiger partial charge in [-0.15, -0.1) is 0 Å². The van der Waals surface area contributed by atoms with Gasteiger partial charge in [-0.05, 0) is 41.3 Å². The second-order valence-corrected chi connectivity index (χ2v) is 4.75. The summed E-state index contributed by atoms with van der Waals surface area (Å²) in [6, 6.07) is 13.4. The maximum atomic E-state index is 13.7. The largest absolute Gasteiger partial charge is 0.312 e. The van der Waals surface area contributed by atoms with Crippen molar-refractivity contribution in [2.24, 2.45) is 0 Å². The molecule has 0 fully saturated rings. The van der Waals surface area contributed by atoms with E-state index < -0.39 is 0 Å². The molecule has 0 atom stereocenters. The Kier molecular flexibility index (Phi) is 3.11. The summed E-state index contributed by atoms with van der Waals surface area (Å²) in [6.07, 6.45) is 1.75. The summed E-state index contributed by atoms with van der Waals surface area (Å²) in [5.41, 5.74) is 4.77. The second-order valence-electron chi connectivity index (χ2n) is 4.75. The molecule has 0 saturated heterocycles. The molecule has 1 N–H and O–H groups in total. The summed E-state index contributed by atoms with van der Waals surface area (Å²) in [6.45, 7) is 1.94. The van der Waals surface area contributed by atoms with Crippen LogP contribution in [0.1, 0.15) is 22.3 Å². The molecule has 0 bridgehead atoms. The molecule has 0 spiro atoms. The molecule has 0 saturated carbocycles. The smallest absolute Gasteiger partial charge is 0.126 e. The van der Waals surface area contributed by atoms with Gasteiger partial charge in [-0.2, -0.15) is 0 Å². The molecule has 1 nitrogen and oxygen atoms in total. The second kappa shape index (κ2) is 4.91. The normalized spacial score (nSPS) is 14.3. The van der Waals surface area contributed by atoms with E-state index in [0.29, 0.717) is 6.42 Å². The summed E-state index contributed by atoms with van der Waals surface area (Å²) in [7, 11) is 0.